The maximum absolute atomic E-state index is 13.2. The lowest BCUT2D eigenvalue weighted by Gasteiger charge is -2.23. The molecule has 3 aromatic rings. The van der Waals surface area contributed by atoms with Crippen molar-refractivity contribution in [1.82, 2.24) is 9.97 Å². The van der Waals surface area contributed by atoms with Gasteiger partial charge in [-0.25, -0.2) is 14.4 Å². The molecule has 140 valence electrons. The number of rotatable bonds is 3. The van der Waals surface area contributed by atoms with Gasteiger partial charge in [-0.3, -0.25) is 14.9 Å². The van der Waals surface area contributed by atoms with Crippen molar-refractivity contribution in [3.8, 4) is 0 Å². The zero-order valence-electron chi connectivity index (χ0n) is 15.3. The van der Waals surface area contributed by atoms with Gasteiger partial charge in [0.05, 0.1) is 11.3 Å². The van der Waals surface area contributed by atoms with E-state index in [2.05, 4.69) is 15.3 Å². The highest BCUT2D eigenvalue weighted by Gasteiger charge is 2.28. The number of ketones is 1. The Morgan fingerprint density at radius 1 is 1.14 bits per heavy atom. The van der Waals surface area contributed by atoms with Crippen LogP contribution in [0.2, 0.25) is 0 Å². The Kier molecular flexibility index (Phi) is 4.69. The maximum atomic E-state index is 13.2. The third-order valence-electron chi connectivity index (χ3n) is 4.89. The second-order valence-corrected chi connectivity index (χ2v) is 6.96. The lowest BCUT2D eigenvalue weighted by Crippen LogP contribution is -2.22. The maximum Gasteiger partial charge on any atom is 0.258 e. The minimum absolute atomic E-state index is 0.0489. The second kappa shape index (κ2) is 7.31. The lowest BCUT2D eigenvalue weighted by atomic mass is 9.82. The monoisotopic (exact) mass is 375 g/mol. The molecule has 1 aliphatic rings. The van der Waals surface area contributed by atoms with E-state index < -0.39 is 0 Å². The molecule has 28 heavy (non-hydrogen) atoms. The molecule has 0 radical (unpaired) electrons. The molecule has 0 aliphatic heterocycles. The number of fused-ring (bicyclic) bond motifs is 1. The Bertz CT molecular complexity index is 1060. The molecule has 5 nitrogen and oxygen atoms in total. The van der Waals surface area contributed by atoms with Gasteiger partial charge in [-0.05, 0) is 49.1 Å². The molecule has 1 aliphatic carbocycles. The van der Waals surface area contributed by atoms with E-state index in [4.69, 9.17) is 0 Å². The normalized spacial score (nSPS) is 15.8. The van der Waals surface area contributed by atoms with Crippen LogP contribution in [0.1, 0.15) is 49.9 Å². The van der Waals surface area contributed by atoms with Crippen molar-refractivity contribution in [3.63, 3.8) is 0 Å². The number of amides is 1. The first-order valence-electron chi connectivity index (χ1n) is 9.02. The minimum Gasteiger partial charge on any atom is -0.294 e. The largest absolute Gasteiger partial charge is 0.294 e. The van der Waals surface area contributed by atoms with Crippen LogP contribution in [0.15, 0.2) is 54.7 Å². The molecule has 0 saturated heterocycles. The van der Waals surface area contributed by atoms with Crippen LogP contribution in [-0.4, -0.2) is 21.7 Å². The molecule has 0 unspecified atom stereocenters. The molecular formula is C22H18FN3O2. The van der Waals surface area contributed by atoms with E-state index in [0.717, 1.165) is 11.1 Å². The van der Waals surface area contributed by atoms with Crippen LogP contribution in [0.3, 0.4) is 0 Å². The highest BCUT2D eigenvalue weighted by atomic mass is 19.1. The average molecular weight is 375 g/mol. The number of hydrogen-bond donors (Lipinski definition) is 1. The van der Waals surface area contributed by atoms with Gasteiger partial charge in [0.15, 0.2) is 5.78 Å². The Morgan fingerprint density at radius 3 is 2.68 bits per heavy atom. The molecule has 1 aromatic heterocycles. The van der Waals surface area contributed by atoms with E-state index in [1.54, 1.807) is 24.3 Å². The number of carbonyl (C=O) groups excluding carboxylic acids is 2. The smallest absolute Gasteiger partial charge is 0.258 e. The van der Waals surface area contributed by atoms with Crippen molar-refractivity contribution in [3.05, 3.63) is 88.5 Å². The third kappa shape index (κ3) is 3.67. The van der Waals surface area contributed by atoms with Crippen molar-refractivity contribution < 1.29 is 14.0 Å². The van der Waals surface area contributed by atoms with Gasteiger partial charge >= 0.3 is 0 Å². The van der Waals surface area contributed by atoms with Crippen LogP contribution >= 0.6 is 0 Å². The topological polar surface area (TPSA) is 72.0 Å². The number of hydrogen-bond acceptors (Lipinski definition) is 4. The Labute approximate surface area is 161 Å². The molecule has 1 amide bonds. The molecule has 0 spiro atoms. The summed E-state index contributed by atoms with van der Waals surface area (Å²) in [7, 11) is 0. The number of benzene rings is 2. The first kappa shape index (κ1) is 18.0. The van der Waals surface area contributed by atoms with E-state index in [9.17, 15) is 14.0 Å². The van der Waals surface area contributed by atoms with Crippen molar-refractivity contribution >= 4 is 17.6 Å². The highest BCUT2D eigenvalue weighted by Crippen LogP contribution is 2.32. The van der Waals surface area contributed by atoms with Gasteiger partial charge < -0.3 is 0 Å². The summed E-state index contributed by atoms with van der Waals surface area (Å²) in [6, 6.07) is 13.4. The van der Waals surface area contributed by atoms with Gasteiger partial charge in [-0.2, -0.15) is 0 Å². The van der Waals surface area contributed by atoms with Crippen LogP contribution in [0.25, 0.3) is 0 Å². The summed E-state index contributed by atoms with van der Waals surface area (Å²) < 4.78 is 13.2. The van der Waals surface area contributed by atoms with Gasteiger partial charge in [-0.1, -0.05) is 29.8 Å². The summed E-state index contributed by atoms with van der Waals surface area (Å²) >= 11 is 0. The van der Waals surface area contributed by atoms with Crippen LogP contribution in [0.4, 0.5) is 10.3 Å². The predicted octanol–water partition coefficient (Wildman–Crippen LogP) is 4.09. The predicted molar refractivity (Wildman–Crippen MR) is 103 cm³/mol. The van der Waals surface area contributed by atoms with Gasteiger partial charge in [0.1, 0.15) is 5.82 Å². The number of aryl methyl sites for hydroxylation is 1. The molecular weight excluding hydrogens is 357 g/mol. The zero-order valence-corrected chi connectivity index (χ0v) is 15.3. The van der Waals surface area contributed by atoms with E-state index in [1.165, 1.54) is 18.3 Å². The third-order valence-corrected chi connectivity index (χ3v) is 4.89. The number of Topliss-reactive ketones (excluding diaryl/α,β-unsaturated/α-hetero) is 1. The van der Waals surface area contributed by atoms with E-state index >= 15 is 0 Å². The zero-order chi connectivity index (χ0) is 19.7. The molecule has 0 saturated carbocycles. The second-order valence-electron chi connectivity index (χ2n) is 6.96. The Balaban J connectivity index is 1.57. The van der Waals surface area contributed by atoms with Crippen molar-refractivity contribution in [2.24, 2.45) is 0 Å². The molecule has 1 heterocycles. The number of nitrogens with zero attached hydrogens (tertiary/aromatic N) is 2. The first-order valence-corrected chi connectivity index (χ1v) is 9.02. The number of nitrogens with one attached hydrogen (secondary N) is 1. The molecule has 0 fully saturated rings. The van der Waals surface area contributed by atoms with Crippen LogP contribution in [0, 0.1) is 12.7 Å². The summed E-state index contributed by atoms with van der Waals surface area (Å²) in [5.74, 6) is -0.573. The van der Waals surface area contributed by atoms with Gasteiger partial charge in [-0.15, -0.1) is 0 Å². The average Bonchev–Trinajstić information content (AvgIpc) is 2.68. The Morgan fingerprint density at radius 2 is 1.93 bits per heavy atom. The lowest BCUT2D eigenvalue weighted by molar-refractivity contribution is 0.0962. The van der Waals surface area contributed by atoms with Gasteiger partial charge in [0.25, 0.3) is 5.91 Å². The number of halogens is 1. The summed E-state index contributed by atoms with van der Waals surface area (Å²) in [6.45, 7) is 1.91. The Hall–Kier alpha value is -3.41. The van der Waals surface area contributed by atoms with Crippen LogP contribution in [-0.2, 0) is 6.42 Å². The summed E-state index contributed by atoms with van der Waals surface area (Å²) in [5.41, 5.74) is 3.46. The van der Waals surface area contributed by atoms with E-state index in [-0.39, 0.29) is 29.4 Å². The molecule has 1 N–H and O–H groups in total. The van der Waals surface area contributed by atoms with Crippen LogP contribution < -0.4 is 5.32 Å². The minimum atomic E-state index is -0.310. The fourth-order valence-corrected chi connectivity index (χ4v) is 3.44. The summed E-state index contributed by atoms with van der Waals surface area (Å²) in [6.07, 6.45) is 2.33. The van der Waals surface area contributed by atoms with Crippen molar-refractivity contribution in [1.29, 1.82) is 0 Å². The summed E-state index contributed by atoms with van der Waals surface area (Å²) in [5, 5.41) is 2.69. The van der Waals surface area contributed by atoms with Crippen LogP contribution in [0.5, 0.6) is 0 Å². The van der Waals surface area contributed by atoms with E-state index in [0.29, 0.717) is 29.7 Å². The molecule has 1 atom stereocenters. The number of carbonyl (C=O) groups is 2. The fourth-order valence-electron chi connectivity index (χ4n) is 3.44. The van der Waals surface area contributed by atoms with Crippen molar-refractivity contribution in [2.45, 2.75) is 25.7 Å². The first-order chi connectivity index (χ1) is 13.5. The van der Waals surface area contributed by atoms with Gasteiger partial charge in [0, 0.05) is 18.2 Å². The number of anilines is 1. The summed E-state index contributed by atoms with van der Waals surface area (Å²) in [4.78, 5) is 33.4. The van der Waals surface area contributed by atoms with Gasteiger partial charge in [0.2, 0.25) is 5.95 Å². The fraction of sp³-hybridized carbons (Fsp3) is 0.182. The molecule has 4 rings (SSSR count). The highest BCUT2D eigenvalue weighted by molar-refractivity contribution is 6.03. The van der Waals surface area contributed by atoms with Crippen molar-refractivity contribution in [2.75, 3.05) is 5.32 Å². The molecule has 2 aromatic carbocycles. The number of aromatic nitrogens is 2. The molecule has 0 bridgehead atoms. The SMILES string of the molecule is Cc1cccc(C(=O)Nc2ncc3c(n2)C[C@H](c2ccc(F)cc2)CC3=O)c1. The molecule has 6 heteroatoms. The quantitative estimate of drug-likeness (QED) is 0.748. The van der Waals surface area contributed by atoms with E-state index in [1.807, 2.05) is 19.1 Å². The standard InChI is InChI=1S/C22H18FN3O2/c1-13-3-2-4-15(9-13)21(28)26-22-24-12-18-19(25-22)10-16(11-20(18)27)14-5-7-17(23)8-6-14/h2-9,12,16H,10-11H2,1H3,(H,24,25,26,28)/t16-/m0/s1.